The lowest BCUT2D eigenvalue weighted by Gasteiger charge is -2.21. The predicted octanol–water partition coefficient (Wildman–Crippen LogP) is 5.66. The number of nitrogens with one attached hydrogen (secondary N) is 2. The monoisotopic (exact) mass is 545 g/mol. The highest BCUT2D eigenvalue weighted by atomic mass is 19.4. The molecule has 0 bridgehead atoms. The Labute approximate surface area is 226 Å². The first-order chi connectivity index (χ1) is 19.5. The second kappa shape index (κ2) is 9.58. The number of ether oxygens (including phenoxy) is 1. The highest BCUT2D eigenvalue weighted by Crippen LogP contribution is 2.35. The first kappa shape index (κ1) is 22.9. The Morgan fingerprint density at radius 2 is 1.92 bits per heavy atom. The fourth-order valence-corrected chi connectivity index (χ4v) is 4.91. The minimum Gasteiger partial charge on any atom is -0.444 e. The van der Waals surface area contributed by atoms with Gasteiger partial charge in [0.25, 0.3) is 0 Å². The molecule has 2 N–H and O–H groups in total. The summed E-state index contributed by atoms with van der Waals surface area (Å²) in [6.45, 7) is 2.44. The number of carbonyl (C=O) groups is 1. The smallest absolute Gasteiger partial charge is 0.418 e. The summed E-state index contributed by atoms with van der Waals surface area (Å²) >= 11 is 0. The van der Waals surface area contributed by atoms with Gasteiger partial charge in [-0.15, -0.1) is 0 Å². The van der Waals surface area contributed by atoms with Gasteiger partial charge in [0.1, 0.15) is 17.2 Å². The standard InChI is InChI=1S/C27H29F3N6O3/c1-26(2,3)39-24(37)32-16-9-10-17(12-16)36-19-13-22(31-14-20(19)35(4)25(36)38)33-21-11-8-15-6-5-7-18(23(15)34-21)27(28,29)30/h5-8,11,13-14,16-17H,9-10,12H2,1-4H3,(H,32,37)(H,31,33,34)/t16-,17-/m1/s1/i4D3. The fourth-order valence-electron chi connectivity index (χ4n) is 4.91. The van der Waals surface area contributed by atoms with Crippen LogP contribution in [0.15, 0.2) is 47.4 Å². The molecule has 3 heterocycles. The third-order valence-electron chi connectivity index (χ3n) is 6.53. The molecule has 1 aromatic carbocycles. The van der Waals surface area contributed by atoms with Crippen LogP contribution in [0, 0.1) is 0 Å². The number of hydrogen-bond donors (Lipinski definition) is 2. The summed E-state index contributed by atoms with van der Waals surface area (Å²) in [5.41, 5.74) is -2.22. The van der Waals surface area contributed by atoms with Crippen molar-refractivity contribution in [3.8, 4) is 0 Å². The zero-order chi connectivity index (χ0) is 30.6. The zero-order valence-electron chi connectivity index (χ0n) is 24.5. The molecule has 1 fully saturated rings. The molecule has 39 heavy (non-hydrogen) atoms. The third-order valence-corrected chi connectivity index (χ3v) is 6.53. The quantitative estimate of drug-likeness (QED) is 0.343. The van der Waals surface area contributed by atoms with Crippen LogP contribution in [0.1, 0.15) is 55.8 Å². The van der Waals surface area contributed by atoms with Crippen LogP contribution in [0.5, 0.6) is 0 Å². The molecule has 4 aromatic rings. The van der Waals surface area contributed by atoms with Crippen molar-refractivity contribution < 1.29 is 26.8 Å². The number of anilines is 2. The summed E-state index contributed by atoms with van der Waals surface area (Å²) in [4.78, 5) is 34.1. The number of imidazole rings is 1. The summed E-state index contributed by atoms with van der Waals surface area (Å²) in [7, 11) is 0. The summed E-state index contributed by atoms with van der Waals surface area (Å²) in [5.74, 6) is 0.231. The number of hydrogen-bond acceptors (Lipinski definition) is 6. The predicted molar refractivity (Wildman–Crippen MR) is 141 cm³/mol. The van der Waals surface area contributed by atoms with E-state index in [4.69, 9.17) is 8.85 Å². The Morgan fingerprint density at radius 3 is 2.64 bits per heavy atom. The van der Waals surface area contributed by atoms with Gasteiger partial charge in [-0.25, -0.2) is 19.6 Å². The van der Waals surface area contributed by atoms with Crippen molar-refractivity contribution in [2.45, 2.75) is 63.9 Å². The van der Waals surface area contributed by atoms with Crippen molar-refractivity contribution in [2.75, 3.05) is 5.32 Å². The van der Waals surface area contributed by atoms with E-state index in [-0.39, 0.29) is 34.2 Å². The lowest BCUT2D eigenvalue weighted by molar-refractivity contribution is -0.136. The number of aromatic nitrogens is 4. The van der Waals surface area contributed by atoms with Gasteiger partial charge in [0.2, 0.25) is 0 Å². The van der Waals surface area contributed by atoms with Gasteiger partial charge in [-0.2, -0.15) is 13.2 Å². The molecule has 5 rings (SSSR count). The van der Waals surface area contributed by atoms with E-state index in [1.54, 1.807) is 20.8 Å². The molecule has 1 amide bonds. The number of amides is 1. The Balaban J connectivity index is 1.50. The van der Waals surface area contributed by atoms with E-state index in [2.05, 4.69) is 20.6 Å². The van der Waals surface area contributed by atoms with Gasteiger partial charge in [0, 0.05) is 34.6 Å². The van der Waals surface area contributed by atoms with Crippen LogP contribution in [0.4, 0.5) is 29.6 Å². The minimum atomic E-state index is -4.60. The maximum absolute atomic E-state index is 13.6. The number of para-hydroxylation sites is 1. The van der Waals surface area contributed by atoms with Crippen LogP contribution in [0.3, 0.4) is 0 Å². The van der Waals surface area contributed by atoms with Crippen LogP contribution < -0.4 is 16.3 Å². The van der Waals surface area contributed by atoms with E-state index in [0.717, 1.165) is 6.07 Å². The highest BCUT2D eigenvalue weighted by Gasteiger charge is 2.33. The number of halogens is 3. The average molecular weight is 546 g/mol. The van der Waals surface area contributed by atoms with Crippen molar-refractivity contribution in [1.29, 1.82) is 0 Å². The number of rotatable bonds is 4. The van der Waals surface area contributed by atoms with Gasteiger partial charge in [0.05, 0.1) is 28.3 Å². The summed E-state index contributed by atoms with van der Waals surface area (Å²) in [6, 6.07) is 7.50. The maximum atomic E-state index is 13.6. The number of carbonyl (C=O) groups excluding carboxylic acids is 1. The molecule has 0 saturated heterocycles. The van der Waals surface area contributed by atoms with Crippen LogP contribution in [-0.4, -0.2) is 36.8 Å². The lowest BCUT2D eigenvalue weighted by Crippen LogP contribution is -2.38. The summed E-state index contributed by atoms with van der Waals surface area (Å²) in [6.07, 6.45) is -2.58. The van der Waals surface area contributed by atoms with E-state index < -0.39 is 42.1 Å². The molecule has 3 aromatic heterocycles. The topological polar surface area (TPSA) is 103 Å². The SMILES string of the molecule is [2H]C([2H])([2H])n1c(=O)n([C@@H]2CC[C@@H](NC(=O)OC(C)(C)C)C2)c2cc(Nc3ccc4cccc(C(F)(F)F)c4n3)ncc21. The van der Waals surface area contributed by atoms with Crippen molar-refractivity contribution in [3.05, 3.63) is 58.6 Å². The molecule has 12 heteroatoms. The average Bonchev–Trinajstić information content (AvgIpc) is 3.42. The summed E-state index contributed by atoms with van der Waals surface area (Å²) in [5, 5.41) is 5.99. The number of aryl methyl sites for hydroxylation is 1. The van der Waals surface area contributed by atoms with Gasteiger partial charge >= 0.3 is 18.0 Å². The first-order valence-electron chi connectivity index (χ1n) is 13.9. The Kier molecular flexibility index (Phi) is 5.62. The second-order valence-corrected chi connectivity index (χ2v) is 10.6. The van der Waals surface area contributed by atoms with Crippen molar-refractivity contribution in [1.82, 2.24) is 24.4 Å². The van der Waals surface area contributed by atoms with Gasteiger partial charge in [-0.05, 0) is 58.2 Å². The van der Waals surface area contributed by atoms with E-state index in [1.807, 2.05) is 0 Å². The molecular weight excluding hydrogens is 513 g/mol. The first-order valence-corrected chi connectivity index (χ1v) is 12.4. The number of benzene rings is 1. The molecule has 0 radical (unpaired) electrons. The molecule has 0 unspecified atom stereocenters. The number of alkyl carbamates (subject to hydrolysis) is 1. The number of nitrogens with zero attached hydrogens (tertiary/aromatic N) is 4. The van der Waals surface area contributed by atoms with E-state index in [9.17, 15) is 22.8 Å². The molecule has 1 aliphatic carbocycles. The zero-order valence-corrected chi connectivity index (χ0v) is 21.5. The van der Waals surface area contributed by atoms with E-state index >= 15 is 0 Å². The molecule has 0 aliphatic heterocycles. The highest BCUT2D eigenvalue weighted by molar-refractivity contribution is 5.85. The molecule has 0 spiro atoms. The Morgan fingerprint density at radius 1 is 1.13 bits per heavy atom. The van der Waals surface area contributed by atoms with Crippen LogP contribution >= 0.6 is 0 Å². The van der Waals surface area contributed by atoms with Crippen LogP contribution in [0.25, 0.3) is 21.9 Å². The molecule has 1 saturated carbocycles. The van der Waals surface area contributed by atoms with Gasteiger partial charge in [-0.1, -0.05) is 12.1 Å². The van der Waals surface area contributed by atoms with E-state index in [1.165, 1.54) is 41.1 Å². The van der Waals surface area contributed by atoms with E-state index in [0.29, 0.717) is 29.2 Å². The number of pyridine rings is 2. The third kappa shape index (κ3) is 5.41. The lowest BCUT2D eigenvalue weighted by atomic mass is 10.1. The second-order valence-electron chi connectivity index (χ2n) is 10.6. The van der Waals surface area contributed by atoms with Crippen LogP contribution in [0.2, 0.25) is 0 Å². The molecule has 206 valence electrons. The van der Waals surface area contributed by atoms with Gasteiger partial charge in [-0.3, -0.25) is 9.13 Å². The minimum absolute atomic E-state index is 0.0694. The van der Waals surface area contributed by atoms with Crippen molar-refractivity contribution in [3.63, 3.8) is 0 Å². The van der Waals surface area contributed by atoms with Crippen LogP contribution in [-0.2, 0) is 17.9 Å². The fraction of sp³-hybridized carbons (Fsp3) is 0.407. The molecule has 1 aliphatic rings. The Hall–Kier alpha value is -4.09. The van der Waals surface area contributed by atoms with Gasteiger partial charge < -0.3 is 15.4 Å². The number of fused-ring (bicyclic) bond motifs is 2. The number of alkyl halides is 3. The normalized spacial score (nSPS) is 19.5. The summed E-state index contributed by atoms with van der Waals surface area (Å²) < 4.78 is 71.9. The Bertz CT molecular complexity index is 1730. The van der Waals surface area contributed by atoms with Crippen molar-refractivity contribution >= 4 is 39.7 Å². The largest absolute Gasteiger partial charge is 0.444 e. The molecule has 2 atom stereocenters. The molecule has 9 nitrogen and oxygen atoms in total. The maximum Gasteiger partial charge on any atom is 0.418 e. The van der Waals surface area contributed by atoms with Crippen molar-refractivity contribution in [2.24, 2.45) is 6.98 Å². The van der Waals surface area contributed by atoms with Gasteiger partial charge in [0.15, 0.2) is 0 Å². The molecular formula is C27H29F3N6O3.